The Balaban J connectivity index is 2.02. The normalized spacial score (nSPS) is 12.0. The van der Waals surface area contributed by atoms with Crippen LogP contribution in [0.1, 0.15) is 23.6 Å². The molecule has 0 aliphatic rings. The Kier molecular flexibility index (Phi) is 5.07. The molecule has 21 heavy (non-hydrogen) atoms. The molecule has 1 atom stereocenters. The van der Waals surface area contributed by atoms with Crippen molar-refractivity contribution in [2.24, 2.45) is 0 Å². The van der Waals surface area contributed by atoms with Gasteiger partial charge in [-0.25, -0.2) is 0 Å². The molecule has 3 heteroatoms. The fourth-order valence-corrected chi connectivity index (χ4v) is 2.85. The van der Waals surface area contributed by atoms with Crippen LogP contribution in [0, 0.1) is 20.8 Å². The quantitative estimate of drug-likeness (QED) is 0.827. The van der Waals surface area contributed by atoms with Gasteiger partial charge in [0.25, 0.3) is 0 Å². The lowest BCUT2D eigenvalue weighted by Crippen LogP contribution is -2.22. The molecule has 2 aromatic carbocycles. The zero-order chi connectivity index (χ0) is 15.4. The summed E-state index contributed by atoms with van der Waals surface area (Å²) in [5, 5.41) is 2.89. The summed E-state index contributed by atoms with van der Waals surface area (Å²) in [4.78, 5) is 13.4. The first-order valence-electron chi connectivity index (χ1n) is 7.07. The molecule has 0 spiro atoms. The summed E-state index contributed by atoms with van der Waals surface area (Å²) < 4.78 is 0. The van der Waals surface area contributed by atoms with Gasteiger partial charge in [0, 0.05) is 10.6 Å². The lowest BCUT2D eigenvalue weighted by atomic mass is 10.1. The summed E-state index contributed by atoms with van der Waals surface area (Å²) in [6.45, 7) is 8.03. The molecule has 0 aromatic heterocycles. The highest BCUT2D eigenvalue weighted by atomic mass is 32.2. The molecule has 110 valence electrons. The number of thioether (sulfide) groups is 1. The van der Waals surface area contributed by atoms with Gasteiger partial charge >= 0.3 is 0 Å². The minimum Gasteiger partial charge on any atom is -0.325 e. The highest BCUT2D eigenvalue weighted by Gasteiger charge is 2.15. The zero-order valence-corrected chi connectivity index (χ0v) is 13.8. The number of carbonyl (C=O) groups excluding carboxylic acids is 1. The van der Waals surface area contributed by atoms with E-state index in [4.69, 9.17) is 0 Å². The third-order valence-corrected chi connectivity index (χ3v) is 4.47. The second kappa shape index (κ2) is 6.81. The number of anilines is 1. The van der Waals surface area contributed by atoms with Crippen LogP contribution in [-0.4, -0.2) is 11.2 Å². The second-order valence-corrected chi connectivity index (χ2v) is 6.79. The molecule has 0 radical (unpaired) electrons. The van der Waals surface area contributed by atoms with Gasteiger partial charge in [-0.3, -0.25) is 4.79 Å². The summed E-state index contributed by atoms with van der Waals surface area (Å²) in [6, 6.07) is 14.3. The van der Waals surface area contributed by atoms with E-state index in [-0.39, 0.29) is 11.2 Å². The first kappa shape index (κ1) is 15.6. The number of carbonyl (C=O) groups is 1. The Morgan fingerprint density at radius 2 is 1.62 bits per heavy atom. The Morgan fingerprint density at radius 3 is 2.29 bits per heavy atom. The van der Waals surface area contributed by atoms with Crippen molar-refractivity contribution in [3.63, 3.8) is 0 Å². The Bertz CT molecular complexity index is 634. The molecule has 0 aliphatic heterocycles. The first-order valence-corrected chi connectivity index (χ1v) is 7.95. The number of hydrogen-bond acceptors (Lipinski definition) is 2. The maximum Gasteiger partial charge on any atom is 0.237 e. The number of hydrogen-bond donors (Lipinski definition) is 1. The Labute approximate surface area is 131 Å². The van der Waals surface area contributed by atoms with Gasteiger partial charge < -0.3 is 5.32 Å². The van der Waals surface area contributed by atoms with E-state index in [1.54, 1.807) is 11.8 Å². The molecule has 0 aliphatic carbocycles. The van der Waals surface area contributed by atoms with Gasteiger partial charge in [0.15, 0.2) is 0 Å². The molecule has 2 nitrogen and oxygen atoms in total. The average molecular weight is 299 g/mol. The van der Waals surface area contributed by atoms with Crippen LogP contribution in [0.5, 0.6) is 0 Å². The van der Waals surface area contributed by atoms with Crippen molar-refractivity contribution in [3.8, 4) is 0 Å². The number of benzene rings is 2. The molecular formula is C18H21NOS. The lowest BCUT2D eigenvalue weighted by Gasteiger charge is -2.14. The van der Waals surface area contributed by atoms with E-state index < -0.39 is 0 Å². The van der Waals surface area contributed by atoms with Crippen LogP contribution in [0.4, 0.5) is 5.69 Å². The van der Waals surface area contributed by atoms with Gasteiger partial charge in [-0.15, -0.1) is 11.8 Å². The van der Waals surface area contributed by atoms with Gasteiger partial charge in [0.1, 0.15) is 0 Å². The molecule has 0 bridgehead atoms. The lowest BCUT2D eigenvalue weighted by molar-refractivity contribution is -0.115. The number of nitrogens with one attached hydrogen (secondary N) is 1. The smallest absolute Gasteiger partial charge is 0.237 e. The standard InChI is InChI=1S/C18H21NOS/c1-12-6-9-16(10-7-12)21-15(4)18(20)19-17-11-13(2)5-8-14(17)3/h5-11,15H,1-4H3,(H,19,20)/t15-/m1/s1. The summed E-state index contributed by atoms with van der Waals surface area (Å²) in [6.07, 6.45) is 0. The molecule has 0 saturated heterocycles. The van der Waals surface area contributed by atoms with Crippen molar-refractivity contribution < 1.29 is 4.79 Å². The van der Waals surface area contributed by atoms with Crippen LogP contribution in [0.3, 0.4) is 0 Å². The molecule has 0 unspecified atom stereocenters. The largest absolute Gasteiger partial charge is 0.325 e. The van der Waals surface area contributed by atoms with Gasteiger partial charge in [0.2, 0.25) is 5.91 Å². The molecule has 2 aromatic rings. The third kappa shape index (κ3) is 4.36. The van der Waals surface area contributed by atoms with Gasteiger partial charge in [-0.1, -0.05) is 29.8 Å². The SMILES string of the molecule is Cc1ccc(S[C@H](C)C(=O)Nc2cc(C)ccc2C)cc1. The summed E-state index contributed by atoms with van der Waals surface area (Å²) in [5.74, 6) is 0.0364. The van der Waals surface area contributed by atoms with Crippen molar-refractivity contribution in [2.75, 3.05) is 5.32 Å². The van der Waals surface area contributed by atoms with E-state index in [0.717, 1.165) is 21.7 Å². The fraction of sp³-hybridized carbons (Fsp3) is 0.278. The molecule has 0 fully saturated rings. The number of rotatable bonds is 4. The van der Waals surface area contributed by atoms with Crippen LogP contribution in [0.2, 0.25) is 0 Å². The summed E-state index contributed by atoms with van der Waals surface area (Å²) in [7, 11) is 0. The predicted octanol–water partition coefficient (Wildman–Crippen LogP) is 4.73. The average Bonchev–Trinajstić information content (AvgIpc) is 2.45. The molecule has 0 saturated carbocycles. The monoisotopic (exact) mass is 299 g/mol. The molecule has 1 amide bonds. The van der Waals surface area contributed by atoms with E-state index in [0.29, 0.717) is 0 Å². The van der Waals surface area contributed by atoms with E-state index >= 15 is 0 Å². The van der Waals surface area contributed by atoms with E-state index in [1.807, 2.05) is 32.9 Å². The van der Waals surface area contributed by atoms with E-state index in [9.17, 15) is 4.79 Å². The predicted molar refractivity (Wildman–Crippen MR) is 91.0 cm³/mol. The van der Waals surface area contributed by atoms with Crippen LogP contribution < -0.4 is 5.32 Å². The van der Waals surface area contributed by atoms with Crippen LogP contribution in [0.25, 0.3) is 0 Å². The molecule has 0 heterocycles. The maximum atomic E-state index is 12.3. The molecular weight excluding hydrogens is 278 g/mol. The Morgan fingerprint density at radius 1 is 1.00 bits per heavy atom. The molecule has 2 rings (SSSR count). The third-order valence-electron chi connectivity index (χ3n) is 3.35. The second-order valence-electron chi connectivity index (χ2n) is 5.38. The highest BCUT2D eigenvalue weighted by molar-refractivity contribution is 8.00. The number of aryl methyl sites for hydroxylation is 3. The van der Waals surface area contributed by atoms with Crippen molar-refractivity contribution in [2.45, 2.75) is 37.8 Å². The maximum absolute atomic E-state index is 12.3. The fourth-order valence-electron chi connectivity index (χ4n) is 1.98. The topological polar surface area (TPSA) is 29.1 Å². The summed E-state index contributed by atoms with van der Waals surface area (Å²) in [5.41, 5.74) is 4.36. The first-order chi connectivity index (χ1) is 9.95. The van der Waals surface area contributed by atoms with Crippen molar-refractivity contribution in [1.29, 1.82) is 0 Å². The van der Waals surface area contributed by atoms with Crippen LogP contribution in [-0.2, 0) is 4.79 Å². The van der Waals surface area contributed by atoms with Gasteiger partial charge in [-0.05, 0) is 57.0 Å². The highest BCUT2D eigenvalue weighted by Crippen LogP contribution is 2.25. The number of amides is 1. The summed E-state index contributed by atoms with van der Waals surface area (Å²) >= 11 is 1.58. The van der Waals surface area contributed by atoms with Crippen molar-refractivity contribution >= 4 is 23.4 Å². The Hall–Kier alpha value is -1.74. The van der Waals surface area contributed by atoms with E-state index in [1.165, 1.54) is 5.56 Å². The molecule has 1 N–H and O–H groups in total. The minimum atomic E-state index is -0.132. The van der Waals surface area contributed by atoms with Crippen LogP contribution >= 0.6 is 11.8 Å². The van der Waals surface area contributed by atoms with Gasteiger partial charge in [0.05, 0.1) is 5.25 Å². The zero-order valence-electron chi connectivity index (χ0n) is 12.9. The van der Waals surface area contributed by atoms with Gasteiger partial charge in [-0.2, -0.15) is 0 Å². The van der Waals surface area contributed by atoms with Crippen molar-refractivity contribution in [3.05, 3.63) is 59.2 Å². The van der Waals surface area contributed by atoms with E-state index in [2.05, 4.69) is 42.6 Å². The minimum absolute atomic E-state index is 0.0364. The van der Waals surface area contributed by atoms with Crippen LogP contribution in [0.15, 0.2) is 47.4 Å². The van der Waals surface area contributed by atoms with Crippen molar-refractivity contribution in [1.82, 2.24) is 0 Å².